The Kier molecular flexibility index (Phi) is 3.86. The fraction of sp³-hybridized carbons (Fsp3) is 0.133. The average Bonchev–Trinajstić information content (AvgIpc) is 2.38. The van der Waals surface area contributed by atoms with E-state index in [9.17, 15) is 9.18 Å². The van der Waals surface area contributed by atoms with E-state index in [-0.39, 0.29) is 5.56 Å². The molecule has 2 aromatic rings. The van der Waals surface area contributed by atoms with E-state index in [1.165, 1.54) is 19.2 Å². The third-order valence-electron chi connectivity index (χ3n) is 2.80. The molecule has 2 aromatic carbocycles. The van der Waals surface area contributed by atoms with Crippen LogP contribution in [0, 0.1) is 12.7 Å². The second-order valence-corrected chi connectivity index (χ2v) is 4.58. The zero-order valence-corrected chi connectivity index (χ0v) is 11.3. The number of hydrogen-bond donors (Lipinski definition) is 0. The summed E-state index contributed by atoms with van der Waals surface area (Å²) in [6, 6.07) is 9.57. The van der Waals surface area contributed by atoms with Crippen LogP contribution >= 0.6 is 11.6 Å². The maximum atomic E-state index is 14.0. The summed E-state index contributed by atoms with van der Waals surface area (Å²) in [6.07, 6.45) is 0. The molecule has 0 aliphatic rings. The Labute approximate surface area is 115 Å². The summed E-state index contributed by atoms with van der Waals surface area (Å²) in [7, 11) is 1.25. The highest BCUT2D eigenvalue weighted by molar-refractivity contribution is 6.33. The van der Waals surface area contributed by atoms with Crippen LogP contribution in [0.1, 0.15) is 15.9 Å². The topological polar surface area (TPSA) is 26.3 Å². The predicted octanol–water partition coefficient (Wildman–Crippen LogP) is 4.24. The van der Waals surface area contributed by atoms with Crippen molar-refractivity contribution in [2.75, 3.05) is 7.11 Å². The van der Waals surface area contributed by atoms with E-state index in [4.69, 9.17) is 11.6 Å². The Morgan fingerprint density at radius 2 is 1.84 bits per heavy atom. The highest BCUT2D eigenvalue weighted by Gasteiger charge is 2.13. The lowest BCUT2D eigenvalue weighted by Gasteiger charge is -2.08. The summed E-state index contributed by atoms with van der Waals surface area (Å²) < 4.78 is 18.6. The van der Waals surface area contributed by atoms with Crippen molar-refractivity contribution in [3.63, 3.8) is 0 Å². The molecule has 4 heteroatoms. The number of hydrogen-bond acceptors (Lipinski definition) is 2. The van der Waals surface area contributed by atoms with Gasteiger partial charge in [0, 0.05) is 16.1 Å². The van der Waals surface area contributed by atoms with Gasteiger partial charge < -0.3 is 4.74 Å². The van der Waals surface area contributed by atoms with Gasteiger partial charge in [-0.25, -0.2) is 9.18 Å². The molecule has 19 heavy (non-hydrogen) atoms. The monoisotopic (exact) mass is 278 g/mol. The number of methoxy groups -OCH3 is 1. The van der Waals surface area contributed by atoms with Gasteiger partial charge in [-0.3, -0.25) is 0 Å². The standard InChI is InChI=1S/C15H12ClFO2/c1-9-3-5-11(13(16)7-9)12-6-4-10(8-14(12)17)15(18)19-2/h3-8H,1-2H3. The van der Waals surface area contributed by atoms with Crippen molar-refractivity contribution in [2.24, 2.45) is 0 Å². The first-order chi connectivity index (χ1) is 9.02. The van der Waals surface area contributed by atoms with Crippen molar-refractivity contribution in [1.29, 1.82) is 0 Å². The van der Waals surface area contributed by atoms with Crippen molar-refractivity contribution in [3.8, 4) is 11.1 Å². The minimum Gasteiger partial charge on any atom is -0.465 e. The average molecular weight is 279 g/mol. The zero-order valence-electron chi connectivity index (χ0n) is 10.5. The van der Waals surface area contributed by atoms with Crippen LogP contribution < -0.4 is 0 Å². The molecule has 0 aromatic heterocycles. The van der Waals surface area contributed by atoms with Crippen molar-refractivity contribution >= 4 is 17.6 Å². The minimum atomic E-state index is -0.569. The van der Waals surface area contributed by atoms with E-state index >= 15 is 0 Å². The maximum Gasteiger partial charge on any atom is 0.337 e. The van der Waals surface area contributed by atoms with Crippen LogP contribution in [0.25, 0.3) is 11.1 Å². The lowest BCUT2D eigenvalue weighted by atomic mass is 10.0. The van der Waals surface area contributed by atoms with E-state index < -0.39 is 11.8 Å². The molecule has 0 aliphatic carbocycles. The largest absolute Gasteiger partial charge is 0.465 e. The first kappa shape index (κ1) is 13.6. The number of carbonyl (C=O) groups is 1. The van der Waals surface area contributed by atoms with E-state index in [0.29, 0.717) is 16.1 Å². The number of rotatable bonds is 2. The smallest absolute Gasteiger partial charge is 0.337 e. The summed E-state index contributed by atoms with van der Waals surface area (Å²) in [5, 5.41) is 0.477. The highest BCUT2D eigenvalue weighted by atomic mass is 35.5. The SMILES string of the molecule is COC(=O)c1ccc(-c2ccc(C)cc2Cl)c(F)c1. The summed E-state index contributed by atoms with van der Waals surface area (Å²) >= 11 is 6.11. The third kappa shape index (κ3) is 2.76. The van der Waals surface area contributed by atoms with Crippen molar-refractivity contribution in [3.05, 3.63) is 58.4 Å². The van der Waals surface area contributed by atoms with Crippen LogP contribution in [0.3, 0.4) is 0 Å². The molecule has 0 bridgehead atoms. The number of carbonyl (C=O) groups excluding carboxylic acids is 1. The van der Waals surface area contributed by atoms with Gasteiger partial charge in [-0.15, -0.1) is 0 Å². The number of aryl methyl sites for hydroxylation is 1. The number of halogens is 2. The molecule has 0 radical (unpaired) electrons. The number of benzene rings is 2. The normalized spacial score (nSPS) is 10.3. The minimum absolute atomic E-state index is 0.173. The van der Waals surface area contributed by atoms with Gasteiger partial charge in [0.15, 0.2) is 0 Å². The molecule has 0 fully saturated rings. The molecule has 0 saturated heterocycles. The van der Waals surface area contributed by atoms with Crippen molar-refractivity contribution < 1.29 is 13.9 Å². The van der Waals surface area contributed by atoms with Crippen molar-refractivity contribution in [1.82, 2.24) is 0 Å². The van der Waals surface area contributed by atoms with Gasteiger partial charge in [0.25, 0.3) is 0 Å². The van der Waals surface area contributed by atoms with Crippen LogP contribution in [-0.2, 0) is 4.74 Å². The lowest BCUT2D eigenvalue weighted by molar-refractivity contribution is 0.0600. The van der Waals surface area contributed by atoms with Gasteiger partial charge in [-0.05, 0) is 30.7 Å². The summed E-state index contributed by atoms with van der Waals surface area (Å²) in [5.41, 5.74) is 2.13. The van der Waals surface area contributed by atoms with Gasteiger partial charge in [0.1, 0.15) is 5.82 Å². The predicted molar refractivity (Wildman–Crippen MR) is 72.9 cm³/mol. The molecule has 0 amide bonds. The first-order valence-electron chi connectivity index (χ1n) is 5.67. The number of ether oxygens (including phenoxy) is 1. The highest BCUT2D eigenvalue weighted by Crippen LogP contribution is 2.31. The van der Waals surface area contributed by atoms with Crippen molar-refractivity contribution in [2.45, 2.75) is 6.92 Å². The fourth-order valence-electron chi connectivity index (χ4n) is 1.82. The quantitative estimate of drug-likeness (QED) is 0.768. The van der Waals surface area contributed by atoms with Crippen LogP contribution in [0.5, 0.6) is 0 Å². The fourth-order valence-corrected chi connectivity index (χ4v) is 2.15. The Morgan fingerprint density at radius 3 is 2.42 bits per heavy atom. The first-order valence-corrected chi connectivity index (χ1v) is 6.05. The van der Waals surface area contributed by atoms with Crippen LogP contribution in [0.4, 0.5) is 4.39 Å². The molecule has 0 saturated carbocycles. The third-order valence-corrected chi connectivity index (χ3v) is 3.12. The lowest BCUT2D eigenvalue weighted by Crippen LogP contribution is -2.02. The van der Waals surface area contributed by atoms with Gasteiger partial charge in [-0.2, -0.15) is 0 Å². The maximum absolute atomic E-state index is 14.0. The van der Waals surface area contributed by atoms with Crippen LogP contribution in [0.15, 0.2) is 36.4 Å². The molecule has 98 valence electrons. The molecule has 2 nitrogen and oxygen atoms in total. The second-order valence-electron chi connectivity index (χ2n) is 4.17. The molecule has 2 rings (SSSR count). The van der Waals surface area contributed by atoms with Crippen LogP contribution in [0.2, 0.25) is 5.02 Å². The van der Waals surface area contributed by atoms with Gasteiger partial charge in [0.05, 0.1) is 12.7 Å². The van der Waals surface area contributed by atoms with E-state index in [2.05, 4.69) is 4.74 Å². The molecule has 0 heterocycles. The Bertz CT molecular complexity index is 638. The second kappa shape index (κ2) is 5.41. The zero-order chi connectivity index (χ0) is 14.0. The molecule has 0 atom stereocenters. The van der Waals surface area contributed by atoms with Gasteiger partial charge >= 0.3 is 5.97 Å². The number of esters is 1. The molecule has 0 spiro atoms. The summed E-state index contributed by atoms with van der Waals surface area (Å²) in [5.74, 6) is -1.07. The molecule has 0 unspecified atom stereocenters. The summed E-state index contributed by atoms with van der Waals surface area (Å²) in [4.78, 5) is 11.3. The molecule has 0 aliphatic heterocycles. The van der Waals surface area contributed by atoms with Gasteiger partial charge in [-0.1, -0.05) is 29.8 Å². The van der Waals surface area contributed by atoms with Crippen LogP contribution in [-0.4, -0.2) is 13.1 Å². The van der Waals surface area contributed by atoms with Gasteiger partial charge in [0.2, 0.25) is 0 Å². The molecular formula is C15H12ClFO2. The Balaban J connectivity index is 2.49. The Morgan fingerprint density at radius 1 is 1.16 bits per heavy atom. The molecular weight excluding hydrogens is 267 g/mol. The van der Waals surface area contributed by atoms with E-state index in [1.54, 1.807) is 12.1 Å². The molecule has 0 N–H and O–H groups in total. The van der Waals surface area contributed by atoms with E-state index in [1.807, 2.05) is 13.0 Å². The van der Waals surface area contributed by atoms with E-state index in [0.717, 1.165) is 11.6 Å². The summed E-state index contributed by atoms with van der Waals surface area (Å²) in [6.45, 7) is 1.91. The Hall–Kier alpha value is -1.87.